The highest BCUT2D eigenvalue weighted by atomic mass is 16.2. The van der Waals surface area contributed by atoms with Crippen molar-refractivity contribution in [3.63, 3.8) is 0 Å². The standard InChI is InChI=1S/C18H23N5O2/c1-22(2)18(25)12-5-4-6-14(7-12)21-17(24)16-10-19-9-15(16)13-8-20-23(3)11-13/h4-8,11,15-16,19H,9-10H2,1-3H3,(H,21,24)/t15-,16+/m1/s1. The topological polar surface area (TPSA) is 79.3 Å². The molecule has 2 heterocycles. The van der Waals surface area contributed by atoms with Crippen LogP contribution in [0.3, 0.4) is 0 Å². The van der Waals surface area contributed by atoms with Crippen LogP contribution < -0.4 is 10.6 Å². The van der Waals surface area contributed by atoms with Gasteiger partial charge in [0.1, 0.15) is 0 Å². The number of nitrogens with zero attached hydrogens (tertiary/aromatic N) is 3. The SMILES string of the molecule is CN(C)C(=O)c1cccc(NC(=O)[C@H]2CNC[C@@H]2c2cnn(C)c2)c1. The Hall–Kier alpha value is -2.67. The van der Waals surface area contributed by atoms with Crippen LogP contribution in [0, 0.1) is 5.92 Å². The van der Waals surface area contributed by atoms with Crippen LogP contribution in [0.15, 0.2) is 36.7 Å². The molecule has 0 unspecified atom stereocenters. The quantitative estimate of drug-likeness (QED) is 0.872. The first-order chi connectivity index (χ1) is 12.0. The van der Waals surface area contributed by atoms with E-state index in [4.69, 9.17) is 0 Å². The lowest BCUT2D eigenvalue weighted by atomic mass is 9.90. The van der Waals surface area contributed by atoms with Gasteiger partial charge in [0.05, 0.1) is 12.1 Å². The zero-order valence-electron chi connectivity index (χ0n) is 14.7. The molecule has 1 aromatic carbocycles. The van der Waals surface area contributed by atoms with E-state index in [-0.39, 0.29) is 23.7 Å². The number of nitrogens with one attached hydrogen (secondary N) is 2. The molecule has 0 spiro atoms. The summed E-state index contributed by atoms with van der Waals surface area (Å²) in [5.41, 5.74) is 2.25. The summed E-state index contributed by atoms with van der Waals surface area (Å²) < 4.78 is 1.75. The number of aryl methyl sites for hydroxylation is 1. The molecule has 0 aliphatic carbocycles. The van der Waals surface area contributed by atoms with Crippen molar-refractivity contribution in [2.24, 2.45) is 13.0 Å². The minimum atomic E-state index is -0.169. The highest BCUT2D eigenvalue weighted by Gasteiger charge is 2.34. The fourth-order valence-corrected chi connectivity index (χ4v) is 3.16. The zero-order chi connectivity index (χ0) is 18.0. The molecule has 0 saturated carbocycles. The Morgan fingerprint density at radius 2 is 2.12 bits per heavy atom. The van der Waals surface area contributed by atoms with Crippen molar-refractivity contribution in [3.05, 3.63) is 47.8 Å². The molecular weight excluding hydrogens is 318 g/mol. The van der Waals surface area contributed by atoms with Crippen LogP contribution in [0.4, 0.5) is 5.69 Å². The molecule has 0 radical (unpaired) electrons. The fourth-order valence-electron chi connectivity index (χ4n) is 3.16. The van der Waals surface area contributed by atoms with Crippen LogP contribution in [0.2, 0.25) is 0 Å². The van der Waals surface area contributed by atoms with Gasteiger partial charge in [0.15, 0.2) is 0 Å². The average Bonchev–Trinajstić information content (AvgIpc) is 3.22. The number of amides is 2. The summed E-state index contributed by atoms with van der Waals surface area (Å²) in [4.78, 5) is 26.3. The molecule has 2 aromatic rings. The number of carbonyl (C=O) groups excluding carboxylic acids is 2. The fraction of sp³-hybridized carbons (Fsp3) is 0.389. The Labute approximate surface area is 147 Å². The summed E-state index contributed by atoms with van der Waals surface area (Å²) in [6.45, 7) is 1.38. The van der Waals surface area contributed by atoms with Crippen molar-refractivity contribution in [1.29, 1.82) is 0 Å². The number of anilines is 1. The number of benzene rings is 1. The average molecular weight is 341 g/mol. The Kier molecular flexibility index (Phi) is 4.85. The Balaban J connectivity index is 1.73. The summed E-state index contributed by atoms with van der Waals surface area (Å²) >= 11 is 0. The first-order valence-electron chi connectivity index (χ1n) is 8.27. The van der Waals surface area contributed by atoms with Gasteiger partial charge in [-0.3, -0.25) is 14.3 Å². The number of hydrogen-bond acceptors (Lipinski definition) is 4. The molecule has 1 fully saturated rings. The summed E-state index contributed by atoms with van der Waals surface area (Å²) in [5.74, 6) is -0.210. The van der Waals surface area contributed by atoms with Crippen LogP contribution in [-0.4, -0.2) is 53.7 Å². The second-order valence-corrected chi connectivity index (χ2v) is 6.59. The van der Waals surface area contributed by atoms with Gasteiger partial charge in [-0.1, -0.05) is 6.07 Å². The van der Waals surface area contributed by atoms with Gasteiger partial charge in [-0.25, -0.2) is 0 Å². The third kappa shape index (κ3) is 3.71. The van der Waals surface area contributed by atoms with Crippen LogP contribution in [0.1, 0.15) is 21.8 Å². The normalized spacial score (nSPS) is 19.6. The van der Waals surface area contributed by atoms with E-state index in [1.165, 1.54) is 4.90 Å². The molecular formula is C18H23N5O2. The smallest absolute Gasteiger partial charge is 0.253 e. The molecule has 2 N–H and O–H groups in total. The van der Waals surface area contributed by atoms with Crippen molar-refractivity contribution in [3.8, 4) is 0 Å². The lowest BCUT2D eigenvalue weighted by Crippen LogP contribution is -2.28. The van der Waals surface area contributed by atoms with E-state index in [1.54, 1.807) is 43.0 Å². The molecule has 7 nitrogen and oxygen atoms in total. The third-order valence-electron chi connectivity index (χ3n) is 4.49. The first kappa shape index (κ1) is 17.2. The summed E-state index contributed by atoms with van der Waals surface area (Å²) in [7, 11) is 5.28. The van der Waals surface area contributed by atoms with Gasteiger partial charge in [0, 0.05) is 57.6 Å². The second kappa shape index (κ2) is 7.06. The summed E-state index contributed by atoms with van der Waals surface area (Å²) in [6.07, 6.45) is 3.77. The van der Waals surface area contributed by atoms with Gasteiger partial charge in [-0.05, 0) is 23.8 Å². The van der Waals surface area contributed by atoms with Crippen molar-refractivity contribution < 1.29 is 9.59 Å². The number of rotatable bonds is 4. The minimum absolute atomic E-state index is 0.0479. The Morgan fingerprint density at radius 1 is 1.32 bits per heavy atom. The molecule has 132 valence electrons. The second-order valence-electron chi connectivity index (χ2n) is 6.59. The monoisotopic (exact) mass is 341 g/mol. The lowest BCUT2D eigenvalue weighted by Gasteiger charge is -2.17. The van der Waals surface area contributed by atoms with Crippen molar-refractivity contribution in [2.75, 3.05) is 32.5 Å². The number of hydrogen-bond donors (Lipinski definition) is 2. The highest BCUT2D eigenvalue weighted by molar-refractivity contribution is 5.97. The predicted octanol–water partition coefficient (Wildman–Crippen LogP) is 1.06. The molecule has 1 saturated heterocycles. The van der Waals surface area contributed by atoms with Gasteiger partial charge in [0.2, 0.25) is 5.91 Å². The summed E-state index contributed by atoms with van der Waals surface area (Å²) in [5, 5.41) is 10.4. The molecule has 2 amide bonds. The van der Waals surface area contributed by atoms with Gasteiger partial charge in [-0.15, -0.1) is 0 Å². The summed E-state index contributed by atoms with van der Waals surface area (Å²) in [6, 6.07) is 7.03. The number of carbonyl (C=O) groups is 2. The molecule has 2 atom stereocenters. The van der Waals surface area contributed by atoms with E-state index >= 15 is 0 Å². The largest absolute Gasteiger partial charge is 0.345 e. The van der Waals surface area contributed by atoms with Crippen molar-refractivity contribution >= 4 is 17.5 Å². The van der Waals surface area contributed by atoms with E-state index in [9.17, 15) is 9.59 Å². The molecule has 0 bridgehead atoms. The maximum atomic E-state index is 12.7. The van der Waals surface area contributed by atoms with E-state index in [0.717, 1.165) is 12.1 Å². The van der Waals surface area contributed by atoms with Crippen LogP contribution in [0.25, 0.3) is 0 Å². The molecule has 1 aromatic heterocycles. The van der Waals surface area contributed by atoms with E-state index in [1.807, 2.05) is 19.4 Å². The maximum absolute atomic E-state index is 12.7. The number of aromatic nitrogens is 2. The Morgan fingerprint density at radius 3 is 2.80 bits per heavy atom. The lowest BCUT2D eigenvalue weighted by molar-refractivity contribution is -0.119. The molecule has 1 aliphatic rings. The van der Waals surface area contributed by atoms with Crippen molar-refractivity contribution in [2.45, 2.75) is 5.92 Å². The first-order valence-corrected chi connectivity index (χ1v) is 8.27. The van der Waals surface area contributed by atoms with E-state index in [0.29, 0.717) is 17.8 Å². The molecule has 1 aliphatic heterocycles. The van der Waals surface area contributed by atoms with Crippen LogP contribution in [-0.2, 0) is 11.8 Å². The zero-order valence-corrected chi connectivity index (χ0v) is 14.7. The molecule has 25 heavy (non-hydrogen) atoms. The third-order valence-corrected chi connectivity index (χ3v) is 4.49. The van der Waals surface area contributed by atoms with Crippen molar-refractivity contribution in [1.82, 2.24) is 20.0 Å². The van der Waals surface area contributed by atoms with E-state index in [2.05, 4.69) is 15.7 Å². The Bertz CT molecular complexity index is 783. The molecule has 3 rings (SSSR count). The maximum Gasteiger partial charge on any atom is 0.253 e. The molecule has 7 heteroatoms. The predicted molar refractivity (Wildman–Crippen MR) is 95.4 cm³/mol. The van der Waals surface area contributed by atoms with Crippen LogP contribution in [0.5, 0.6) is 0 Å². The van der Waals surface area contributed by atoms with E-state index < -0.39 is 0 Å². The van der Waals surface area contributed by atoms with Crippen LogP contribution >= 0.6 is 0 Å². The highest BCUT2D eigenvalue weighted by Crippen LogP contribution is 2.29. The van der Waals surface area contributed by atoms with Gasteiger partial charge >= 0.3 is 0 Å². The minimum Gasteiger partial charge on any atom is -0.345 e. The van der Waals surface area contributed by atoms with Gasteiger partial charge in [0.25, 0.3) is 5.91 Å². The van der Waals surface area contributed by atoms with Gasteiger partial charge < -0.3 is 15.5 Å². The van der Waals surface area contributed by atoms with Gasteiger partial charge in [-0.2, -0.15) is 5.10 Å².